The number of hydrogen-bond acceptors (Lipinski definition) is 4. The number of fused-ring (bicyclic) bond motifs is 1. The Hall–Kier alpha value is -1.61. The van der Waals surface area contributed by atoms with Gasteiger partial charge in [0.05, 0.1) is 6.61 Å². The fourth-order valence-electron chi connectivity index (χ4n) is 2.20. The van der Waals surface area contributed by atoms with Gasteiger partial charge in [-0.1, -0.05) is 0 Å². The quantitative estimate of drug-likeness (QED) is 0.838. The van der Waals surface area contributed by atoms with Gasteiger partial charge in [-0.25, -0.2) is 0 Å². The third-order valence-electron chi connectivity index (χ3n) is 3.18. The number of amides is 1. The van der Waals surface area contributed by atoms with Gasteiger partial charge in [0.15, 0.2) is 5.69 Å². The molecule has 0 fully saturated rings. The van der Waals surface area contributed by atoms with Crippen molar-refractivity contribution < 1.29 is 22.7 Å². The van der Waals surface area contributed by atoms with Gasteiger partial charge in [-0.05, 0) is 0 Å². The van der Waals surface area contributed by atoms with Crippen molar-refractivity contribution in [3.63, 3.8) is 0 Å². The lowest BCUT2D eigenvalue weighted by Crippen LogP contribution is -2.47. The highest BCUT2D eigenvalue weighted by Gasteiger charge is 2.40. The topological polar surface area (TPSA) is 84.2 Å². The lowest BCUT2D eigenvalue weighted by atomic mass is 10.0. The number of nitrogens with one attached hydrogen (secondary N) is 1. The Labute approximate surface area is 113 Å². The van der Waals surface area contributed by atoms with E-state index in [1.54, 1.807) is 0 Å². The fourth-order valence-corrected chi connectivity index (χ4v) is 2.20. The largest absolute Gasteiger partial charge is 0.435 e. The first-order valence-corrected chi connectivity index (χ1v) is 6.01. The molecule has 1 atom stereocenters. The van der Waals surface area contributed by atoms with Crippen LogP contribution in [-0.4, -0.2) is 47.3 Å². The summed E-state index contributed by atoms with van der Waals surface area (Å²) in [6.45, 7) is 0.194. The molecular weight excluding hydrogens is 277 g/mol. The molecule has 6 nitrogen and oxygen atoms in total. The Bertz CT molecular complexity index is 500. The monoisotopic (exact) mass is 292 g/mol. The number of H-pyrrole nitrogens is 1. The van der Waals surface area contributed by atoms with Crippen LogP contribution in [0, 0.1) is 0 Å². The lowest BCUT2D eigenvalue weighted by molar-refractivity contribution is -0.143. The molecular formula is C11H15F3N4O2. The van der Waals surface area contributed by atoms with Crippen molar-refractivity contribution in [1.29, 1.82) is 0 Å². The Kier molecular flexibility index (Phi) is 4.00. The summed E-state index contributed by atoms with van der Waals surface area (Å²) in [7, 11) is 1.40. The summed E-state index contributed by atoms with van der Waals surface area (Å²) in [4.78, 5) is 13.3. The predicted molar refractivity (Wildman–Crippen MR) is 62.6 cm³/mol. The van der Waals surface area contributed by atoms with Gasteiger partial charge < -0.3 is 15.4 Å². The van der Waals surface area contributed by atoms with E-state index in [0.717, 1.165) is 0 Å². The number of rotatable bonds is 3. The van der Waals surface area contributed by atoms with Gasteiger partial charge in [0.25, 0.3) is 0 Å². The van der Waals surface area contributed by atoms with Crippen molar-refractivity contribution in [3.8, 4) is 0 Å². The minimum Gasteiger partial charge on any atom is -0.383 e. The molecule has 0 saturated heterocycles. The maximum absolute atomic E-state index is 12.8. The van der Waals surface area contributed by atoms with Crippen molar-refractivity contribution >= 4 is 5.91 Å². The minimum atomic E-state index is -4.54. The van der Waals surface area contributed by atoms with Crippen LogP contribution in [-0.2, 0) is 28.7 Å². The summed E-state index contributed by atoms with van der Waals surface area (Å²) in [6, 6.07) is -0.872. The number of aromatic amines is 1. The molecule has 1 amide bonds. The van der Waals surface area contributed by atoms with Crippen molar-refractivity contribution in [3.05, 3.63) is 17.0 Å². The molecule has 3 N–H and O–H groups in total. The number of methoxy groups -OCH3 is 1. The molecule has 1 aliphatic rings. The highest BCUT2D eigenvalue weighted by molar-refractivity contribution is 5.82. The molecule has 20 heavy (non-hydrogen) atoms. The van der Waals surface area contributed by atoms with E-state index in [1.807, 2.05) is 0 Å². The van der Waals surface area contributed by atoms with E-state index in [-0.39, 0.29) is 18.7 Å². The highest BCUT2D eigenvalue weighted by Crippen LogP contribution is 2.33. The maximum Gasteiger partial charge on any atom is 0.435 e. The van der Waals surface area contributed by atoms with Crippen LogP contribution in [0.2, 0.25) is 0 Å². The summed E-state index contributed by atoms with van der Waals surface area (Å²) in [5, 5.41) is 5.68. The number of alkyl halides is 3. The second-order valence-electron chi connectivity index (χ2n) is 4.60. The van der Waals surface area contributed by atoms with Gasteiger partial charge >= 0.3 is 6.18 Å². The summed E-state index contributed by atoms with van der Waals surface area (Å²) in [5.74, 6) is -0.424. The van der Waals surface area contributed by atoms with Crippen molar-refractivity contribution in [2.24, 2.45) is 5.73 Å². The molecule has 0 spiro atoms. The first-order valence-electron chi connectivity index (χ1n) is 6.01. The predicted octanol–water partition coefficient (Wildman–Crippen LogP) is 0.287. The summed E-state index contributed by atoms with van der Waals surface area (Å²) in [5.41, 5.74) is 5.08. The average Bonchev–Trinajstić information content (AvgIpc) is 2.80. The van der Waals surface area contributed by atoms with E-state index < -0.39 is 23.8 Å². The average molecular weight is 292 g/mol. The van der Waals surface area contributed by atoms with Gasteiger partial charge in [-0.15, -0.1) is 0 Å². The van der Waals surface area contributed by atoms with Crippen LogP contribution in [0.25, 0.3) is 0 Å². The smallest absolute Gasteiger partial charge is 0.383 e. The lowest BCUT2D eigenvalue weighted by Gasteiger charge is -2.29. The van der Waals surface area contributed by atoms with Crippen LogP contribution in [0.15, 0.2) is 0 Å². The molecule has 1 aliphatic heterocycles. The fraction of sp³-hybridized carbons (Fsp3) is 0.636. The second-order valence-corrected chi connectivity index (χ2v) is 4.60. The second kappa shape index (κ2) is 5.41. The Morgan fingerprint density at radius 2 is 2.30 bits per heavy atom. The SMILES string of the molecule is COCC(N)C(=O)N1CCc2[nH]nc(C(F)(F)F)c2C1. The number of nitrogens with two attached hydrogens (primary N) is 1. The van der Waals surface area contributed by atoms with Crippen LogP contribution in [0.5, 0.6) is 0 Å². The van der Waals surface area contributed by atoms with Crippen molar-refractivity contribution in [2.75, 3.05) is 20.3 Å². The zero-order chi connectivity index (χ0) is 14.9. The third-order valence-corrected chi connectivity index (χ3v) is 3.18. The molecule has 9 heteroatoms. The Morgan fingerprint density at radius 3 is 2.90 bits per heavy atom. The summed E-state index contributed by atoms with van der Waals surface area (Å²) >= 11 is 0. The molecule has 2 heterocycles. The number of halogens is 3. The zero-order valence-electron chi connectivity index (χ0n) is 10.8. The third kappa shape index (κ3) is 2.78. The Morgan fingerprint density at radius 1 is 1.60 bits per heavy atom. The molecule has 0 bridgehead atoms. The van der Waals surface area contributed by atoms with Crippen LogP contribution < -0.4 is 5.73 Å². The van der Waals surface area contributed by atoms with E-state index in [2.05, 4.69) is 10.2 Å². The number of carbonyl (C=O) groups excluding carboxylic acids is 1. The van der Waals surface area contributed by atoms with E-state index in [0.29, 0.717) is 18.7 Å². The number of hydrogen-bond donors (Lipinski definition) is 2. The van der Waals surface area contributed by atoms with Gasteiger partial charge in [-0.3, -0.25) is 9.89 Å². The molecule has 0 saturated carbocycles. The van der Waals surface area contributed by atoms with Gasteiger partial charge in [0.1, 0.15) is 6.04 Å². The molecule has 1 unspecified atom stereocenters. The van der Waals surface area contributed by atoms with Crippen molar-refractivity contribution in [1.82, 2.24) is 15.1 Å². The van der Waals surface area contributed by atoms with Crippen LogP contribution >= 0.6 is 0 Å². The van der Waals surface area contributed by atoms with E-state index in [4.69, 9.17) is 10.5 Å². The number of ether oxygens (including phenoxy) is 1. The summed E-state index contributed by atoms with van der Waals surface area (Å²) in [6.07, 6.45) is -4.24. The number of carbonyl (C=O) groups is 1. The molecule has 0 aliphatic carbocycles. The molecule has 0 aromatic carbocycles. The standard InChI is InChI=1S/C11H15F3N4O2/c1-20-5-7(15)10(19)18-3-2-8-6(4-18)9(17-16-8)11(12,13)14/h7H,2-5,15H2,1H3,(H,16,17). The van der Waals surface area contributed by atoms with E-state index in [1.165, 1.54) is 12.0 Å². The maximum atomic E-state index is 12.8. The normalized spacial score (nSPS) is 16.9. The minimum absolute atomic E-state index is 0.0155. The van der Waals surface area contributed by atoms with Gasteiger partial charge in [0.2, 0.25) is 5.91 Å². The van der Waals surface area contributed by atoms with E-state index in [9.17, 15) is 18.0 Å². The van der Waals surface area contributed by atoms with Gasteiger partial charge in [0, 0.05) is 37.9 Å². The molecule has 112 valence electrons. The number of nitrogens with zero attached hydrogens (tertiary/aromatic N) is 2. The van der Waals surface area contributed by atoms with Gasteiger partial charge in [-0.2, -0.15) is 18.3 Å². The molecule has 1 aromatic heterocycles. The molecule has 1 aromatic rings. The van der Waals surface area contributed by atoms with E-state index >= 15 is 0 Å². The first kappa shape index (κ1) is 14.8. The molecule has 0 radical (unpaired) electrons. The van der Waals surface area contributed by atoms with Crippen LogP contribution in [0.3, 0.4) is 0 Å². The van der Waals surface area contributed by atoms with Crippen LogP contribution in [0.1, 0.15) is 17.0 Å². The molecule has 2 rings (SSSR count). The van der Waals surface area contributed by atoms with Crippen molar-refractivity contribution in [2.45, 2.75) is 25.2 Å². The Balaban J connectivity index is 2.18. The first-order chi connectivity index (χ1) is 9.34. The van der Waals surface area contributed by atoms with Crippen LogP contribution in [0.4, 0.5) is 13.2 Å². The highest BCUT2D eigenvalue weighted by atomic mass is 19.4. The summed E-state index contributed by atoms with van der Waals surface area (Å²) < 4.78 is 43.1. The number of aromatic nitrogens is 2. The zero-order valence-corrected chi connectivity index (χ0v) is 10.8.